The second-order valence-electron chi connectivity index (χ2n) is 4.83. The Kier molecular flexibility index (Phi) is 4.54. The molecule has 0 spiro atoms. The summed E-state index contributed by atoms with van der Waals surface area (Å²) in [5, 5.41) is 5.87. The van der Waals surface area contributed by atoms with Gasteiger partial charge in [-0.3, -0.25) is 9.78 Å². The molecule has 2 N–H and O–H groups in total. The lowest BCUT2D eigenvalue weighted by Crippen LogP contribution is -2.23. The van der Waals surface area contributed by atoms with Crippen LogP contribution in [0.2, 0.25) is 0 Å². The average molecular weight is 305 g/mol. The van der Waals surface area contributed by atoms with Gasteiger partial charge in [-0.2, -0.15) is 0 Å². The number of hydrogen-bond donors (Lipinski definition) is 2. The van der Waals surface area contributed by atoms with Crippen molar-refractivity contribution in [2.75, 3.05) is 5.32 Å². The minimum atomic E-state index is -0.222. The normalized spacial score (nSPS) is 10.1. The van der Waals surface area contributed by atoms with Gasteiger partial charge in [0.05, 0.1) is 5.56 Å². The van der Waals surface area contributed by atoms with Gasteiger partial charge in [0, 0.05) is 37.0 Å². The third-order valence-electron chi connectivity index (χ3n) is 3.12. The van der Waals surface area contributed by atoms with Crippen molar-refractivity contribution in [1.82, 2.24) is 20.3 Å². The summed E-state index contributed by atoms with van der Waals surface area (Å²) in [6, 6.07) is 13.3. The predicted octanol–water partition coefficient (Wildman–Crippen LogP) is 2.55. The van der Waals surface area contributed by atoms with Crippen molar-refractivity contribution in [3.8, 4) is 0 Å². The van der Waals surface area contributed by atoms with E-state index < -0.39 is 0 Å². The molecule has 0 atom stereocenters. The number of nitrogens with one attached hydrogen (secondary N) is 2. The molecule has 3 rings (SSSR count). The Hall–Kier alpha value is -3.28. The molecular formula is C17H15N5O. The second kappa shape index (κ2) is 7.13. The van der Waals surface area contributed by atoms with Crippen LogP contribution in [-0.4, -0.2) is 20.9 Å². The number of nitrogens with zero attached hydrogens (tertiary/aromatic N) is 3. The predicted molar refractivity (Wildman–Crippen MR) is 87.2 cm³/mol. The number of carbonyl (C=O) groups is 1. The molecule has 6 nitrogen and oxygen atoms in total. The Morgan fingerprint density at radius 1 is 0.957 bits per heavy atom. The molecule has 0 aliphatic heterocycles. The number of hydrogen-bond acceptors (Lipinski definition) is 5. The molecule has 0 radical (unpaired) electrons. The Morgan fingerprint density at radius 3 is 2.43 bits per heavy atom. The largest absolute Gasteiger partial charge is 0.348 e. The smallest absolute Gasteiger partial charge is 0.254 e. The zero-order chi connectivity index (χ0) is 15.9. The Bertz CT molecular complexity index is 760. The summed E-state index contributed by atoms with van der Waals surface area (Å²) in [6.45, 7) is 0.413. The van der Waals surface area contributed by atoms with Crippen molar-refractivity contribution >= 4 is 17.5 Å². The molecule has 114 valence electrons. The van der Waals surface area contributed by atoms with Crippen LogP contribution in [0.1, 0.15) is 15.9 Å². The number of aromatic nitrogens is 3. The van der Waals surface area contributed by atoms with Crippen LogP contribution < -0.4 is 10.6 Å². The molecule has 0 bridgehead atoms. The third-order valence-corrected chi connectivity index (χ3v) is 3.12. The lowest BCUT2D eigenvalue weighted by Gasteiger charge is -2.06. The molecule has 3 aromatic rings. The number of rotatable bonds is 5. The first-order chi connectivity index (χ1) is 11.3. The van der Waals surface area contributed by atoms with Crippen molar-refractivity contribution in [3.05, 3.63) is 78.4 Å². The second-order valence-corrected chi connectivity index (χ2v) is 4.83. The summed E-state index contributed by atoms with van der Waals surface area (Å²) in [5.41, 5.74) is 2.23. The molecule has 1 amide bonds. The van der Waals surface area contributed by atoms with Gasteiger partial charge >= 0.3 is 0 Å². The summed E-state index contributed by atoms with van der Waals surface area (Å²) in [7, 11) is 0. The highest BCUT2D eigenvalue weighted by molar-refractivity contribution is 5.93. The topological polar surface area (TPSA) is 79.8 Å². The van der Waals surface area contributed by atoms with Crippen LogP contribution >= 0.6 is 0 Å². The molecular weight excluding hydrogens is 290 g/mol. The molecule has 1 aromatic carbocycles. The van der Waals surface area contributed by atoms with Crippen molar-refractivity contribution in [2.24, 2.45) is 0 Å². The van der Waals surface area contributed by atoms with Crippen molar-refractivity contribution in [2.45, 2.75) is 6.54 Å². The molecule has 23 heavy (non-hydrogen) atoms. The molecule has 0 aliphatic rings. The van der Waals surface area contributed by atoms with Gasteiger partial charge in [0.2, 0.25) is 5.95 Å². The van der Waals surface area contributed by atoms with Gasteiger partial charge in [0.25, 0.3) is 5.91 Å². The monoisotopic (exact) mass is 305 g/mol. The molecule has 2 heterocycles. The number of pyridine rings is 1. The highest BCUT2D eigenvalue weighted by atomic mass is 16.1. The quantitative estimate of drug-likeness (QED) is 0.757. The molecule has 6 heteroatoms. The van der Waals surface area contributed by atoms with Gasteiger partial charge in [-0.25, -0.2) is 9.97 Å². The fraction of sp³-hybridized carbons (Fsp3) is 0.0588. The van der Waals surface area contributed by atoms with Gasteiger partial charge in [-0.1, -0.05) is 24.3 Å². The number of amides is 1. The van der Waals surface area contributed by atoms with Crippen LogP contribution in [0, 0.1) is 0 Å². The van der Waals surface area contributed by atoms with E-state index in [1.165, 1.54) is 12.4 Å². The maximum atomic E-state index is 12.1. The average Bonchev–Trinajstić information content (AvgIpc) is 2.62. The van der Waals surface area contributed by atoms with E-state index in [2.05, 4.69) is 25.6 Å². The molecule has 0 fully saturated rings. The van der Waals surface area contributed by atoms with Crippen LogP contribution in [0.3, 0.4) is 0 Å². The lowest BCUT2D eigenvalue weighted by atomic mass is 10.2. The number of carbonyl (C=O) groups excluding carboxylic acids is 1. The maximum absolute atomic E-state index is 12.1. The van der Waals surface area contributed by atoms with Gasteiger partial charge in [-0.15, -0.1) is 0 Å². The van der Waals surface area contributed by atoms with E-state index in [1.54, 1.807) is 12.4 Å². The minimum absolute atomic E-state index is 0.222. The van der Waals surface area contributed by atoms with Crippen LogP contribution in [0.4, 0.5) is 11.6 Å². The zero-order valence-corrected chi connectivity index (χ0v) is 12.3. The van der Waals surface area contributed by atoms with Gasteiger partial charge < -0.3 is 10.6 Å². The SMILES string of the molecule is O=C(NCc1cccnc1)c1cnc(Nc2ccccc2)nc1. The van der Waals surface area contributed by atoms with Gasteiger partial charge in [0.1, 0.15) is 0 Å². The summed E-state index contributed by atoms with van der Waals surface area (Å²) in [4.78, 5) is 24.4. The van der Waals surface area contributed by atoms with E-state index >= 15 is 0 Å². The van der Waals surface area contributed by atoms with Crippen LogP contribution in [0.25, 0.3) is 0 Å². The van der Waals surface area contributed by atoms with Gasteiger partial charge in [0.15, 0.2) is 0 Å². The van der Waals surface area contributed by atoms with Gasteiger partial charge in [-0.05, 0) is 23.8 Å². The summed E-state index contributed by atoms with van der Waals surface area (Å²) < 4.78 is 0. The summed E-state index contributed by atoms with van der Waals surface area (Å²) >= 11 is 0. The van der Waals surface area contributed by atoms with E-state index in [9.17, 15) is 4.79 Å². The Labute approximate surface area is 133 Å². The highest BCUT2D eigenvalue weighted by Crippen LogP contribution is 2.11. The fourth-order valence-electron chi connectivity index (χ4n) is 1.95. The number of benzene rings is 1. The lowest BCUT2D eigenvalue weighted by molar-refractivity contribution is 0.0950. The van der Waals surface area contributed by atoms with Crippen molar-refractivity contribution < 1.29 is 4.79 Å². The van der Waals surface area contributed by atoms with E-state index in [0.29, 0.717) is 18.1 Å². The Balaban J connectivity index is 1.59. The third kappa shape index (κ3) is 4.10. The minimum Gasteiger partial charge on any atom is -0.348 e. The standard InChI is InChI=1S/C17H15N5O/c23-16(19-10-13-5-4-8-18-9-13)14-11-20-17(21-12-14)22-15-6-2-1-3-7-15/h1-9,11-12H,10H2,(H,19,23)(H,20,21,22). The summed E-state index contributed by atoms with van der Waals surface area (Å²) in [5.74, 6) is 0.222. The van der Waals surface area contributed by atoms with E-state index in [0.717, 1.165) is 11.3 Å². The van der Waals surface area contributed by atoms with E-state index in [-0.39, 0.29) is 5.91 Å². The first kappa shape index (κ1) is 14.6. The van der Waals surface area contributed by atoms with Crippen molar-refractivity contribution in [3.63, 3.8) is 0 Å². The molecule has 0 saturated heterocycles. The zero-order valence-electron chi connectivity index (χ0n) is 12.3. The maximum Gasteiger partial charge on any atom is 0.254 e. The first-order valence-corrected chi connectivity index (χ1v) is 7.12. The summed E-state index contributed by atoms with van der Waals surface area (Å²) in [6.07, 6.45) is 6.40. The Morgan fingerprint density at radius 2 is 1.74 bits per heavy atom. The number of para-hydroxylation sites is 1. The van der Waals surface area contributed by atoms with Crippen LogP contribution in [0.5, 0.6) is 0 Å². The molecule has 0 saturated carbocycles. The van der Waals surface area contributed by atoms with Crippen LogP contribution in [-0.2, 0) is 6.54 Å². The molecule has 2 aromatic heterocycles. The van der Waals surface area contributed by atoms with Crippen LogP contribution in [0.15, 0.2) is 67.3 Å². The number of anilines is 2. The first-order valence-electron chi connectivity index (χ1n) is 7.12. The molecule has 0 unspecified atom stereocenters. The van der Waals surface area contributed by atoms with E-state index in [4.69, 9.17) is 0 Å². The highest BCUT2D eigenvalue weighted by Gasteiger charge is 2.07. The van der Waals surface area contributed by atoms with E-state index in [1.807, 2.05) is 42.5 Å². The van der Waals surface area contributed by atoms with Crippen molar-refractivity contribution in [1.29, 1.82) is 0 Å². The molecule has 0 aliphatic carbocycles. The fourth-order valence-corrected chi connectivity index (χ4v) is 1.95.